The molecule has 0 fully saturated rings. The molecule has 0 spiro atoms. The summed E-state index contributed by atoms with van der Waals surface area (Å²) in [6, 6.07) is 12.1. The highest BCUT2D eigenvalue weighted by Gasteiger charge is 2.16. The molecule has 0 saturated heterocycles. The Kier molecular flexibility index (Phi) is 6.37. The largest absolute Gasteiger partial charge is 0.493 e. The number of anilines is 4. The second-order valence-electron chi connectivity index (χ2n) is 8.43. The maximum absolute atomic E-state index is 6.35. The van der Waals surface area contributed by atoms with E-state index in [2.05, 4.69) is 58.2 Å². The predicted molar refractivity (Wildman–Crippen MR) is 137 cm³/mol. The molecule has 0 amide bonds. The first-order valence-electron chi connectivity index (χ1n) is 10.9. The molecule has 33 heavy (non-hydrogen) atoms. The second kappa shape index (κ2) is 9.38. The fourth-order valence-electron chi connectivity index (χ4n) is 3.85. The van der Waals surface area contributed by atoms with E-state index >= 15 is 0 Å². The molecule has 4 N–H and O–H groups in total. The van der Waals surface area contributed by atoms with Gasteiger partial charge in [0, 0.05) is 48.5 Å². The van der Waals surface area contributed by atoms with Gasteiger partial charge < -0.3 is 30.6 Å². The smallest absolute Gasteiger partial charge is 0.227 e. The van der Waals surface area contributed by atoms with Crippen molar-refractivity contribution < 1.29 is 4.74 Å². The number of nitrogens with one attached hydrogen (secondary N) is 2. The maximum atomic E-state index is 6.35. The number of nitrogens with two attached hydrogens (primary N) is 1. The summed E-state index contributed by atoms with van der Waals surface area (Å²) in [5.74, 6) is 1.08. The van der Waals surface area contributed by atoms with Crippen LogP contribution in [0.15, 0.2) is 48.8 Å². The van der Waals surface area contributed by atoms with Crippen LogP contribution in [0.2, 0.25) is 0 Å². The van der Waals surface area contributed by atoms with E-state index in [1.165, 1.54) is 5.56 Å². The fraction of sp³-hybridized carbons (Fsp3) is 0.280. The summed E-state index contributed by atoms with van der Waals surface area (Å²) in [5, 5.41) is 4.37. The van der Waals surface area contributed by atoms with Gasteiger partial charge in [0.2, 0.25) is 5.95 Å². The summed E-state index contributed by atoms with van der Waals surface area (Å²) >= 11 is 0. The number of benzene rings is 2. The van der Waals surface area contributed by atoms with Gasteiger partial charge in [0.25, 0.3) is 0 Å². The van der Waals surface area contributed by atoms with Crippen molar-refractivity contribution in [2.24, 2.45) is 0 Å². The number of methoxy groups -OCH3 is 1. The normalized spacial score (nSPS) is 11.2. The van der Waals surface area contributed by atoms with E-state index in [4.69, 9.17) is 15.5 Å². The van der Waals surface area contributed by atoms with E-state index in [-0.39, 0.29) is 0 Å². The maximum Gasteiger partial charge on any atom is 0.227 e. The van der Waals surface area contributed by atoms with Crippen LogP contribution in [-0.4, -0.2) is 61.2 Å². The zero-order chi connectivity index (χ0) is 23.5. The Balaban J connectivity index is 1.62. The Bertz CT molecular complexity index is 1270. The molecule has 0 saturated carbocycles. The molecule has 172 valence electrons. The van der Waals surface area contributed by atoms with E-state index in [1.54, 1.807) is 13.3 Å². The number of fused-ring (bicyclic) bond motifs is 1. The molecule has 0 aliphatic carbocycles. The Morgan fingerprint density at radius 3 is 2.67 bits per heavy atom. The molecule has 2 aromatic heterocycles. The molecule has 8 heteroatoms. The lowest BCUT2D eigenvalue weighted by Crippen LogP contribution is -2.28. The summed E-state index contributed by atoms with van der Waals surface area (Å²) in [6.07, 6.45) is 3.65. The minimum absolute atomic E-state index is 0.473. The summed E-state index contributed by atoms with van der Waals surface area (Å²) in [6.45, 7) is 3.92. The number of hydrogen-bond acceptors (Lipinski definition) is 7. The van der Waals surface area contributed by atoms with Crippen LogP contribution in [0.1, 0.15) is 5.56 Å². The van der Waals surface area contributed by atoms with E-state index in [1.807, 2.05) is 37.5 Å². The zero-order valence-electron chi connectivity index (χ0n) is 19.8. The zero-order valence-corrected chi connectivity index (χ0v) is 19.8. The van der Waals surface area contributed by atoms with Gasteiger partial charge in [0.05, 0.1) is 24.7 Å². The molecule has 0 aliphatic heterocycles. The van der Waals surface area contributed by atoms with Crippen molar-refractivity contribution >= 4 is 33.9 Å². The van der Waals surface area contributed by atoms with Gasteiger partial charge in [-0.05, 0) is 44.8 Å². The third kappa shape index (κ3) is 4.70. The number of hydrogen-bond donors (Lipinski definition) is 3. The number of nitrogen functional groups attached to an aromatic ring is 1. The molecule has 0 atom stereocenters. The van der Waals surface area contributed by atoms with E-state index < -0.39 is 0 Å². The molecule has 8 nitrogen and oxygen atoms in total. The average Bonchev–Trinajstić information content (AvgIpc) is 3.23. The van der Waals surface area contributed by atoms with Gasteiger partial charge in [-0.3, -0.25) is 0 Å². The summed E-state index contributed by atoms with van der Waals surface area (Å²) in [5.41, 5.74) is 12.8. The summed E-state index contributed by atoms with van der Waals surface area (Å²) in [4.78, 5) is 16.9. The van der Waals surface area contributed by atoms with Crippen molar-refractivity contribution in [3.05, 3.63) is 54.4 Å². The first-order chi connectivity index (χ1) is 15.9. The van der Waals surface area contributed by atoms with Crippen LogP contribution in [0.4, 0.5) is 23.0 Å². The molecule has 0 radical (unpaired) electrons. The Morgan fingerprint density at radius 2 is 1.94 bits per heavy atom. The van der Waals surface area contributed by atoms with Crippen molar-refractivity contribution in [2.75, 3.05) is 57.3 Å². The second-order valence-corrected chi connectivity index (χ2v) is 8.43. The number of H-pyrrole nitrogens is 1. The van der Waals surface area contributed by atoms with Gasteiger partial charge in [-0.15, -0.1) is 0 Å². The monoisotopic (exact) mass is 445 g/mol. The standard InChI is InChI=1S/C25H31N7O/c1-16-7-6-8-18-19(14-27-23(16)18)24-22(33-5)15-28-25(30-24)29-17-9-10-21(20(26)13-17)32(4)12-11-31(2)3/h6-10,13-15,27H,11-12,26H2,1-5H3,(H,28,29,30). The van der Waals surface area contributed by atoms with Crippen molar-refractivity contribution in [1.82, 2.24) is 19.9 Å². The lowest BCUT2D eigenvalue weighted by atomic mass is 10.1. The first kappa shape index (κ1) is 22.4. The highest BCUT2D eigenvalue weighted by Crippen LogP contribution is 2.35. The van der Waals surface area contributed by atoms with Crippen LogP contribution in [-0.2, 0) is 0 Å². The fourth-order valence-corrected chi connectivity index (χ4v) is 3.85. The number of aryl methyl sites for hydroxylation is 1. The number of aromatic nitrogens is 3. The van der Waals surface area contributed by atoms with Gasteiger partial charge in [-0.25, -0.2) is 9.97 Å². The van der Waals surface area contributed by atoms with Crippen molar-refractivity contribution in [3.63, 3.8) is 0 Å². The number of ether oxygens (including phenoxy) is 1. The molecule has 0 bridgehead atoms. The van der Waals surface area contributed by atoms with E-state index in [9.17, 15) is 0 Å². The van der Waals surface area contributed by atoms with Crippen LogP contribution in [0.5, 0.6) is 5.75 Å². The lowest BCUT2D eigenvalue weighted by molar-refractivity contribution is 0.413. The van der Waals surface area contributed by atoms with Crippen LogP contribution in [0.25, 0.3) is 22.2 Å². The minimum atomic E-state index is 0.473. The van der Waals surface area contributed by atoms with Crippen molar-refractivity contribution in [2.45, 2.75) is 6.92 Å². The lowest BCUT2D eigenvalue weighted by Gasteiger charge is -2.23. The van der Waals surface area contributed by atoms with Crippen LogP contribution in [0, 0.1) is 6.92 Å². The first-order valence-corrected chi connectivity index (χ1v) is 10.9. The molecule has 4 rings (SSSR count). The Labute approximate surface area is 194 Å². The van der Waals surface area contributed by atoms with Crippen molar-refractivity contribution in [1.29, 1.82) is 0 Å². The third-order valence-corrected chi connectivity index (χ3v) is 5.73. The third-order valence-electron chi connectivity index (χ3n) is 5.73. The highest BCUT2D eigenvalue weighted by atomic mass is 16.5. The molecular weight excluding hydrogens is 414 g/mol. The highest BCUT2D eigenvalue weighted by molar-refractivity contribution is 5.97. The molecule has 4 aromatic rings. The van der Waals surface area contributed by atoms with Gasteiger partial charge in [0.15, 0.2) is 5.75 Å². The van der Waals surface area contributed by atoms with Crippen LogP contribution >= 0.6 is 0 Å². The van der Waals surface area contributed by atoms with E-state index in [0.717, 1.165) is 46.6 Å². The van der Waals surface area contributed by atoms with Crippen LogP contribution < -0.4 is 20.7 Å². The molecule has 0 unspecified atom stereocenters. The van der Waals surface area contributed by atoms with Gasteiger partial charge in [0.1, 0.15) is 5.69 Å². The van der Waals surface area contributed by atoms with Crippen molar-refractivity contribution in [3.8, 4) is 17.0 Å². The van der Waals surface area contributed by atoms with Gasteiger partial charge >= 0.3 is 0 Å². The SMILES string of the molecule is COc1cnc(Nc2ccc(N(C)CCN(C)C)c(N)c2)nc1-c1c[nH]c2c(C)cccc12. The predicted octanol–water partition coefficient (Wildman–Crippen LogP) is 4.27. The number of rotatable bonds is 8. The Hall–Kier alpha value is -3.78. The number of aromatic amines is 1. The summed E-state index contributed by atoms with van der Waals surface area (Å²) in [7, 11) is 7.79. The molecule has 2 aromatic carbocycles. The average molecular weight is 446 g/mol. The molecule has 0 aliphatic rings. The van der Waals surface area contributed by atoms with Gasteiger partial charge in [-0.1, -0.05) is 18.2 Å². The Morgan fingerprint density at radius 1 is 1.12 bits per heavy atom. The van der Waals surface area contributed by atoms with E-state index in [0.29, 0.717) is 17.4 Å². The molecule has 2 heterocycles. The number of nitrogens with zero attached hydrogens (tertiary/aromatic N) is 4. The number of likely N-dealkylation sites (N-methyl/N-ethyl adjacent to an activating group) is 2. The van der Waals surface area contributed by atoms with Gasteiger partial charge in [-0.2, -0.15) is 0 Å². The quantitative estimate of drug-likeness (QED) is 0.349. The summed E-state index contributed by atoms with van der Waals surface area (Å²) < 4.78 is 5.56. The molecular formula is C25H31N7O. The number of para-hydroxylation sites is 1. The topological polar surface area (TPSA) is 95.3 Å². The minimum Gasteiger partial charge on any atom is -0.493 e. The van der Waals surface area contributed by atoms with Crippen LogP contribution in [0.3, 0.4) is 0 Å².